The molecule has 1 unspecified atom stereocenters. The molecular weight excluding hydrogens is 400 g/mol. The molecule has 0 saturated carbocycles. The van der Waals surface area contributed by atoms with Gasteiger partial charge in [-0.15, -0.1) is 0 Å². The number of likely N-dealkylation sites (tertiary alicyclic amines) is 1. The molecule has 170 valence electrons. The molecule has 1 aromatic rings. The van der Waals surface area contributed by atoms with E-state index >= 15 is 0 Å². The first-order valence-corrected chi connectivity index (χ1v) is 12.5. The Morgan fingerprint density at radius 2 is 1.80 bits per heavy atom. The minimum atomic E-state index is -3.46. The van der Waals surface area contributed by atoms with Gasteiger partial charge in [0.15, 0.2) is 9.84 Å². The van der Waals surface area contributed by atoms with Crippen LogP contribution in [0.5, 0.6) is 0 Å². The molecule has 1 N–H and O–H groups in total. The van der Waals surface area contributed by atoms with Crippen LogP contribution >= 0.6 is 0 Å². The highest BCUT2D eigenvalue weighted by Crippen LogP contribution is 2.24. The number of benzene rings is 1. The molecule has 0 spiro atoms. The highest BCUT2D eigenvalue weighted by molar-refractivity contribution is 7.92. The third-order valence-electron chi connectivity index (χ3n) is 5.80. The predicted molar refractivity (Wildman–Crippen MR) is 122 cm³/mol. The van der Waals surface area contributed by atoms with E-state index in [9.17, 15) is 13.2 Å². The van der Waals surface area contributed by atoms with Gasteiger partial charge < -0.3 is 20.0 Å². The van der Waals surface area contributed by atoms with Crippen molar-refractivity contribution in [1.29, 1.82) is 0 Å². The Balaban J connectivity index is 1.95. The SMILES string of the molecule is CCN(CC)CCNC(=O)N1CCCC(S(=O)(=O)c2ccc(CCN(C)C)cc2)C1. The van der Waals surface area contributed by atoms with E-state index in [1.807, 2.05) is 26.2 Å². The highest BCUT2D eigenvalue weighted by Gasteiger charge is 2.33. The maximum absolute atomic E-state index is 13.1. The highest BCUT2D eigenvalue weighted by atomic mass is 32.2. The fourth-order valence-corrected chi connectivity index (χ4v) is 5.49. The van der Waals surface area contributed by atoms with Crippen LogP contribution in [0.1, 0.15) is 32.3 Å². The van der Waals surface area contributed by atoms with Gasteiger partial charge >= 0.3 is 6.03 Å². The van der Waals surface area contributed by atoms with Crippen LogP contribution in [0.3, 0.4) is 0 Å². The number of hydrogen-bond donors (Lipinski definition) is 1. The third-order valence-corrected chi connectivity index (χ3v) is 7.99. The van der Waals surface area contributed by atoms with Gasteiger partial charge in [-0.05, 0) is 64.1 Å². The standard InChI is InChI=1S/C22H38N4O3S/c1-5-25(6-2)17-14-23-22(27)26-15-7-8-21(18-26)30(28,29)20-11-9-19(10-12-20)13-16-24(3)4/h9-12,21H,5-8,13-18H2,1-4H3,(H,23,27). The molecule has 2 rings (SSSR count). The minimum Gasteiger partial charge on any atom is -0.337 e. The number of amides is 2. The smallest absolute Gasteiger partial charge is 0.317 e. The van der Waals surface area contributed by atoms with Crippen LogP contribution in [0.2, 0.25) is 0 Å². The topological polar surface area (TPSA) is 73.0 Å². The van der Waals surface area contributed by atoms with E-state index in [4.69, 9.17) is 0 Å². The number of nitrogens with one attached hydrogen (secondary N) is 1. The lowest BCUT2D eigenvalue weighted by Gasteiger charge is -2.32. The van der Waals surface area contributed by atoms with Crippen molar-refractivity contribution in [3.8, 4) is 0 Å². The van der Waals surface area contributed by atoms with Crippen molar-refractivity contribution < 1.29 is 13.2 Å². The average Bonchev–Trinajstić information content (AvgIpc) is 2.75. The molecule has 1 aliphatic rings. The average molecular weight is 439 g/mol. The molecule has 1 aromatic carbocycles. The number of hydrogen-bond acceptors (Lipinski definition) is 5. The summed E-state index contributed by atoms with van der Waals surface area (Å²) >= 11 is 0. The Hall–Kier alpha value is -1.64. The van der Waals surface area contributed by atoms with E-state index < -0.39 is 15.1 Å². The van der Waals surface area contributed by atoms with E-state index in [1.54, 1.807) is 17.0 Å². The lowest BCUT2D eigenvalue weighted by atomic mass is 10.1. The van der Waals surface area contributed by atoms with Crippen LogP contribution in [0.15, 0.2) is 29.2 Å². The molecule has 1 fully saturated rings. The summed E-state index contributed by atoms with van der Waals surface area (Å²) in [6.07, 6.45) is 2.18. The molecule has 7 nitrogen and oxygen atoms in total. The van der Waals surface area contributed by atoms with Gasteiger partial charge in [-0.25, -0.2) is 13.2 Å². The van der Waals surface area contributed by atoms with Gasteiger partial charge in [-0.2, -0.15) is 0 Å². The van der Waals surface area contributed by atoms with Crippen molar-refractivity contribution >= 4 is 15.9 Å². The predicted octanol–water partition coefficient (Wildman–Crippen LogP) is 2.08. The molecule has 2 amide bonds. The molecule has 8 heteroatoms. The Labute approximate surface area is 182 Å². The Kier molecular flexibility index (Phi) is 9.58. The summed E-state index contributed by atoms with van der Waals surface area (Å²) in [6, 6.07) is 7.06. The molecule has 30 heavy (non-hydrogen) atoms. The number of urea groups is 1. The first-order chi connectivity index (χ1) is 14.3. The summed E-state index contributed by atoms with van der Waals surface area (Å²) < 4.78 is 26.3. The Morgan fingerprint density at radius 3 is 2.40 bits per heavy atom. The number of sulfone groups is 1. The monoisotopic (exact) mass is 438 g/mol. The van der Waals surface area contributed by atoms with Crippen LogP contribution in [0.25, 0.3) is 0 Å². The van der Waals surface area contributed by atoms with Crippen molar-refractivity contribution in [3.63, 3.8) is 0 Å². The maximum Gasteiger partial charge on any atom is 0.317 e. The lowest BCUT2D eigenvalue weighted by molar-refractivity contribution is 0.185. The molecule has 1 saturated heterocycles. The van der Waals surface area contributed by atoms with E-state index in [0.717, 1.165) is 38.2 Å². The summed E-state index contributed by atoms with van der Waals surface area (Å²) in [5.74, 6) is 0. The van der Waals surface area contributed by atoms with Crippen molar-refractivity contribution in [1.82, 2.24) is 20.0 Å². The van der Waals surface area contributed by atoms with Crippen molar-refractivity contribution in [3.05, 3.63) is 29.8 Å². The third kappa shape index (κ3) is 6.96. The van der Waals surface area contributed by atoms with Gasteiger partial charge in [0.05, 0.1) is 10.1 Å². The molecule has 0 aromatic heterocycles. The summed E-state index contributed by atoms with van der Waals surface area (Å²) in [6.45, 7) is 9.24. The van der Waals surface area contributed by atoms with E-state index in [-0.39, 0.29) is 12.6 Å². The van der Waals surface area contributed by atoms with Crippen LogP contribution in [-0.2, 0) is 16.3 Å². The molecule has 0 bridgehead atoms. The van der Waals surface area contributed by atoms with Gasteiger partial charge in [0.2, 0.25) is 0 Å². The van der Waals surface area contributed by atoms with Crippen molar-refractivity contribution in [2.24, 2.45) is 0 Å². The van der Waals surface area contributed by atoms with E-state index in [1.165, 1.54) is 0 Å². The molecule has 0 radical (unpaired) electrons. The van der Waals surface area contributed by atoms with Gasteiger partial charge in [0.1, 0.15) is 0 Å². The van der Waals surface area contributed by atoms with Gasteiger partial charge in [-0.3, -0.25) is 0 Å². The zero-order valence-corrected chi connectivity index (χ0v) is 19.7. The van der Waals surface area contributed by atoms with Crippen LogP contribution in [0.4, 0.5) is 4.79 Å². The first-order valence-electron chi connectivity index (χ1n) is 11.0. The zero-order chi connectivity index (χ0) is 22.1. The second-order valence-electron chi connectivity index (χ2n) is 8.21. The van der Waals surface area contributed by atoms with Crippen LogP contribution in [0, 0.1) is 0 Å². The number of likely N-dealkylation sites (N-methyl/N-ethyl adjacent to an activating group) is 2. The first kappa shape index (κ1) is 24.6. The number of nitrogens with zero attached hydrogens (tertiary/aromatic N) is 3. The second-order valence-corrected chi connectivity index (χ2v) is 10.4. The van der Waals surface area contributed by atoms with Crippen molar-refractivity contribution in [2.45, 2.75) is 43.3 Å². The largest absolute Gasteiger partial charge is 0.337 e. The van der Waals surface area contributed by atoms with E-state index in [0.29, 0.717) is 30.8 Å². The molecule has 1 heterocycles. The van der Waals surface area contributed by atoms with E-state index in [2.05, 4.69) is 29.0 Å². The number of carbonyl (C=O) groups excluding carboxylic acids is 1. The quantitative estimate of drug-likeness (QED) is 0.606. The second kappa shape index (κ2) is 11.7. The van der Waals surface area contributed by atoms with Crippen LogP contribution < -0.4 is 5.32 Å². The molecule has 1 aliphatic heterocycles. The summed E-state index contributed by atoms with van der Waals surface area (Å²) in [5, 5.41) is 2.39. The fraction of sp³-hybridized carbons (Fsp3) is 0.682. The summed E-state index contributed by atoms with van der Waals surface area (Å²) in [5.41, 5.74) is 1.13. The normalized spacial score (nSPS) is 17.5. The Morgan fingerprint density at radius 1 is 1.13 bits per heavy atom. The van der Waals surface area contributed by atoms with Gasteiger partial charge in [-0.1, -0.05) is 26.0 Å². The number of rotatable bonds is 10. The zero-order valence-electron chi connectivity index (χ0n) is 18.9. The lowest BCUT2D eigenvalue weighted by Crippen LogP contribution is -2.50. The number of carbonyl (C=O) groups is 1. The van der Waals surface area contributed by atoms with Crippen molar-refractivity contribution in [2.75, 3.05) is 59.9 Å². The van der Waals surface area contributed by atoms with Gasteiger partial charge in [0.25, 0.3) is 0 Å². The molecular formula is C22H38N4O3S. The number of piperidine rings is 1. The summed E-state index contributed by atoms with van der Waals surface area (Å²) in [7, 11) is 0.584. The molecule has 0 aliphatic carbocycles. The maximum atomic E-state index is 13.1. The molecule has 1 atom stereocenters. The minimum absolute atomic E-state index is 0.166. The van der Waals surface area contributed by atoms with Crippen LogP contribution in [-0.4, -0.2) is 94.3 Å². The van der Waals surface area contributed by atoms with Gasteiger partial charge in [0, 0.05) is 32.7 Å². The Bertz CT molecular complexity index is 761. The summed E-state index contributed by atoms with van der Waals surface area (Å²) in [4.78, 5) is 18.9. The fourth-order valence-electron chi connectivity index (χ4n) is 3.74.